The Balaban J connectivity index is 0.00000578. The van der Waals surface area contributed by atoms with Gasteiger partial charge in [-0.3, -0.25) is 0 Å². The zero-order chi connectivity index (χ0) is 45.2. The molecule has 0 spiro atoms. The number of fused-ring (bicyclic) bond motifs is 1. The Labute approximate surface area is 455 Å². The molecule has 3 aromatic rings. The number of benzene rings is 3. The summed E-state index contributed by atoms with van der Waals surface area (Å²) in [6.07, 6.45) is 50.3. The number of rotatable bonds is 34. The fraction of sp³-hybridized carbons (Fsp3) is 0.635. The van der Waals surface area contributed by atoms with Gasteiger partial charge in [0.15, 0.2) is 0 Å². The molecule has 0 bridgehead atoms. The van der Waals surface area contributed by atoms with Crippen molar-refractivity contribution < 1.29 is 58.9 Å². The third-order valence-electron chi connectivity index (χ3n) is 15.2. The third kappa shape index (κ3) is 20.0. The molecule has 1 atom stereocenters. The molecule has 2 aliphatic carbocycles. The Hall–Kier alpha value is -1.19. The number of aryl methyl sites for hydroxylation is 6. The molecule has 0 heterocycles. The minimum atomic E-state index is -2.80. The van der Waals surface area contributed by atoms with E-state index in [0.717, 1.165) is 0 Å². The average Bonchev–Trinajstić information content (AvgIpc) is 3.74. The molecule has 1 unspecified atom stereocenters. The molecule has 0 aliphatic heterocycles. The van der Waals surface area contributed by atoms with Gasteiger partial charge in [-0.2, -0.15) is 0 Å². The van der Waals surface area contributed by atoms with Gasteiger partial charge in [-0.15, -0.1) is 12.2 Å². The van der Waals surface area contributed by atoms with E-state index in [0.29, 0.717) is 5.92 Å². The van der Waals surface area contributed by atoms with Crippen LogP contribution in [0.5, 0.6) is 0 Å². The number of hydrogen-bond donors (Lipinski definition) is 0. The summed E-state index contributed by atoms with van der Waals surface area (Å²) in [4.78, 5) is 0. The number of unbranched alkanes of at least 4 members (excludes halogenated alkanes) is 18. The van der Waals surface area contributed by atoms with Gasteiger partial charge < -0.3 is 37.2 Å². The summed E-state index contributed by atoms with van der Waals surface area (Å²) in [5.74, 6) is 0.661. The second-order valence-electron chi connectivity index (χ2n) is 20.7. The summed E-state index contributed by atoms with van der Waals surface area (Å²) in [5.41, 5.74) is 13.3. The first-order valence-corrected chi connectivity index (χ1v) is 30.1. The Bertz CT molecular complexity index is 1570. The molecule has 1 fully saturated rings. The topological polar surface area (TPSA) is 0 Å². The summed E-state index contributed by atoms with van der Waals surface area (Å²) >= 11 is 0. The fourth-order valence-electron chi connectivity index (χ4n) is 11.5. The first kappa shape index (κ1) is 64.8. The van der Waals surface area contributed by atoms with Crippen molar-refractivity contribution in [2.75, 3.05) is 0 Å². The van der Waals surface area contributed by atoms with Crippen LogP contribution >= 0.6 is 0 Å². The van der Waals surface area contributed by atoms with E-state index >= 15 is 0 Å². The van der Waals surface area contributed by atoms with Crippen LogP contribution in [-0.4, -0.2) is 8.07 Å². The summed E-state index contributed by atoms with van der Waals surface area (Å²) in [7, 11) is -2.80. The SMILES string of the molecule is CCCCCCc1cc(CCCCCC)cc([Si](c2cc(CCCCCC)cc(CCCCCC)c2)(c2cc(CCCCCC)cc(CCCCCC)c2)[C-]2CCC3CC=CC=C23)c1.[Cl-].[Cl-].[Cl-].[Ti+4]. The van der Waals surface area contributed by atoms with Crippen LogP contribution in [0.4, 0.5) is 0 Å². The molecule has 0 saturated heterocycles. The molecule has 5 rings (SSSR count). The van der Waals surface area contributed by atoms with E-state index in [9.17, 15) is 0 Å². The smallest absolute Gasteiger partial charge is 1.00 e. The van der Waals surface area contributed by atoms with E-state index in [4.69, 9.17) is 0 Å². The van der Waals surface area contributed by atoms with Gasteiger partial charge in [-0.25, -0.2) is 17.2 Å². The Morgan fingerprint density at radius 2 is 0.676 bits per heavy atom. The predicted octanol–water partition coefficient (Wildman–Crippen LogP) is 8.31. The molecule has 3 aromatic carbocycles. The second kappa shape index (κ2) is 37.5. The van der Waals surface area contributed by atoms with Crippen molar-refractivity contribution in [3.63, 3.8) is 0 Å². The molecule has 5 heteroatoms. The van der Waals surface area contributed by atoms with Crippen LogP contribution in [0.25, 0.3) is 0 Å². The van der Waals surface area contributed by atoms with Gasteiger partial charge in [0, 0.05) is 0 Å². The summed E-state index contributed by atoms with van der Waals surface area (Å²) in [5, 5.41) is 5.16. The van der Waals surface area contributed by atoms with E-state index in [2.05, 4.69) is 114 Å². The van der Waals surface area contributed by atoms with Crippen molar-refractivity contribution in [1.82, 2.24) is 0 Å². The van der Waals surface area contributed by atoms with Gasteiger partial charge in [-0.1, -0.05) is 240 Å². The molecule has 0 aromatic heterocycles. The third-order valence-corrected chi connectivity index (χ3v) is 20.1. The van der Waals surface area contributed by atoms with Crippen molar-refractivity contribution in [1.29, 1.82) is 0 Å². The summed E-state index contributed by atoms with van der Waals surface area (Å²) < 4.78 is 0. The van der Waals surface area contributed by atoms with Gasteiger partial charge in [0.2, 0.25) is 0 Å². The van der Waals surface area contributed by atoms with Gasteiger partial charge in [0.05, 0.1) is 8.07 Å². The molecular weight excluding hydrogens is 939 g/mol. The van der Waals surface area contributed by atoms with Gasteiger partial charge in [0.1, 0.15) is 0 Å². The van der Waals surface area contributed by atoms with Crippen LogP contribution in [0.15, 0.2) is 78.4 Å². The standard InChI is InChI=1S/C63H97Si.3ClH.Ti/c1-7-13-19-25-33-52-43-53(34-26-20-14-8-2)47-59(46-52)64(63-42-41-58-39-31-32-40-62(58)63,60-48-54(35-27-21-15-9-3)44-55(49-60)36-28-22-16-10-4)61-50-56(37-29-23-17-11-5)45-57(51-61)38-30-24-18-12-6;;;;/h31-32,40,43-51,58H,7-30,33-39,41-42H2,1-6H3;3*1H;/q-1;;;;+4/p-3. The average molecular weight is 1040 g/mol. The Morgan fingerprint density at radius 3 is 0.941 bits per heavy atom. The number of allylic oxidation sites excluding steroid dienone is 4. The molecule has 0 amide bonds. The van der Waals surface area contributed by atoms with Crippen LogP contribution < -0.4 is 52.8 Å². The van der Waals surface area contributed by atoms with Crippen molar-refractivity contribution in [3.8, 4) is 0 Å². The monoisotopic (exact) mass is 1030 g/mol. The largest absolute Gasteiger partial charge is 4.00 e. The maximum Gasteiger partial charge on any atom is 4.00 e. The molecular formula is C63H97Cl3SiTi. The molecule has 1 saturated carbocycles. The first-order chi connectivity index (χ1) is 31.5. The molecule has 0 N–H and O–H groups in total. The maximum absolute atomic E-state index is 2.83. The molecule has 68 heavy (non-hydrogen) atoms. The summed E-state index contributed by atoms with van der Waals surface area (Å²) in [6, 6.07) is 25.0. The first-order valence-electron chi connectivity index (χ1n) is 28.1. The van der Waals surface area contributed by atoms with Crippen LogP contribution in [0.2, 0.25) is 0 Å². The van der Waals surface area contributed by atoms with Gasteiger partial charge in [0.25, 0.3) is 0 Å². The minimum absolute atomic E-state index is 0. The number of halogens is 3. The normalized spacial score (nSPS) is 14.1. The van der Waals surface area contributed by atoms with Crippen molar-refractivity contribution in [2.24, 2.45) is 5.92 Å². The minimum Gasteiger partial charge on any atom is -1.00 e. The molecule has 378 valence electrons. The Morgan fingerprint density at radius 1 is 0.397 bits per heavy atom. The number of hydrogen-bond acceptors (Lipinski definition) is 0. The van der Waals surface area contributed by atoms with E-state index in [1.54, 1.807) is 54.5 Å². The predicted molar refractivity (Wildman–Crippen MR) is 289 cm³/mol. The van der Waals surface area contributed by atoms with E-state index in [-0.39, 0.29) is 58.9 Å². The van der Waals surface area contributed by atoms with Crippen LogP contribution in [0, 0.1) is 11.5 Å². The van der Waals surface area contributed by atoms with E-state index in [1.807, 2.05) is 5.54 Å². The quantitative estimate of drug-likeness (QED) is 0.0245. The maximum atomic E-state index is 2.83. The molecule has 2 aliphatic rings. The zero-order valence-corrected chi connectivity index (χ0v) is 49.3. The Kier molecular flexibility index (Phi) is 35.8. The molecule has 0 nitrogen and oxygen atoms in total. The summed E-state index contributed by atoms with van der Waals surface area (Å²) in [6.45, 7) is 14.2. The van der Waals surface area contributed by atoms with Gasteiger partial charge in [-0.05, 0) is 123 Å². The van der Waals surface area contributed by atoms with Crippen LogP contribution in [0.1, 0.15) is 248 Å². The van der Waals surface area contributed by atoms with E-state index in [1.165, 1.54) is 212 Å². The van der Waals surface area contributed by atoms with Gasteiger partial charge >= 0.3 is 21.7 Å². The fourth-order valence-corrected chi connectivity index (χ4v) is 17.2. The van der Waals surface area contributed by atoms with Crippen molar-refractivity contribution >= 4 is 23.6 Å². The van der Waals surface area contributed by atoms with Crippen LogP contribution in [-0.2, 0) is 60.2 Å². The molecule has 0 radical (unpaired) electrons. The van der Waals surface area contributed by atoms with Crippen molar-refractivity contribution in [3.05, 3.63) is 117 Å². The second-order valence-corrected chi connectivity index (χ2v) is 24.6. The van der Waals surface area contributed by atoms with Crippen LogP contribution in [0.3, 0.4) is 0 Å². The zero-order valence-electron chi connectivity index (χ0n) is 44.5. The van der Waals surface area contributed by atoms with Crippen molar-refractivity contribution in [2.45, 2.75) is 253 Å². The van der Waals surface area contributed by atoms with E-state index < -0.39 is 8.07 Å².